The summed E-state index contributed by atoms with van der Waals surface area (Å²) < 4.78 is 1.76. The molecular formula is C22H20ClN7S. The maximum Gasteiger partial charge on any atom is 0.235 e. The van der Waals surface area contributed by atoms with E-state index in [1.165, 1.54) is 17.0 Å². The quantitative estimate of drug-likeness (QED) is 0.375. The summed E-state index contributed by atoms with van der Waals surface area (Å²) in [6.07, 6.45) is 0. The number of benzene rings is 2. The van der Waals surface area contributed by atoms with Gasteiger partial charge in [-0.1, -0.05) is 35.1 Å². The number of nitrogens with zero attached hydrogens (tertiary/aromatic N) is 6. The third-order valence-corrected chi connectivity index (χ3v) is 6.39. The molecule has 0 saturated carbocycles. The van der Waals surface area contributed by atoms with E-state index in [0.717, 1.165) is 45.6 Å². The van der Waals surface area contributed by atoms with E-state index >= 15 is 0 Å². The Kier molecular flexibility index (Phi) is 5.17. The van der Waals surface area contributed by atoms with Gasteiger partial charge in [-0.2, -0.15) is 14.7 Å². The molecule has 0 atom stereocenters. The van der Waals surface area contributed by atoms with Crippen molar-refractivity contribution in [2.24, 2.45) is 0 Å². The van der Waals surface area contributed by atoms with E-state index in [0.29, 0.717) is 10.8 Å². The Morgan fingerprint density at radius 2 is 1.68 bits per heavy atom. The van der Waals surface area contributed by atoms with Crippen LogP contribution in [0.1, 0.15) is 13.8 Å². The van der Waals surface area contributed by atoms with Crippen LogP contribution in [-0.4, -0.2) is 43.1 Å². The Hall–Kier alpha value is -3.23. The van der Waals surface area contributed by atoms with Crippen LogP contribution in [0.5, 0.6) is 0 Å². The molecule has 0 amide bonds. The minimum Gasteiger partial charge on any atom is -0.372 e. The second kappa shape index (κ2) is 8.13. The molecular weight excluding hydrogens is 430 g/mol. The topological polar surface area (TPSA) is 75.0 Å². The van der Waals surface area contributed by atoms with Crippen LogP contribution in [0.15, 0.2) is 54.6 Å². The van der Waals surface area contributed by atoms with Crippen molar-refractivity contribution in [3.8, 4) is 33.3 Å². The monoisotopic (exact) mass is 449 g/mol. The van der Waals surface area contributed by atoms with Crippen molar-refractivity contribution in [2.45, 2.75) is 13.8 Å². The molecule has 0 radical (unpaired) electrons. The van der Waals surface area contributed by atoms with Crippen molar-refractivity contribution in [3.05, 3.63) is 59.6 Å². The normalized spacial score (nSPS) is 11.3. The first-order chi connectivity index (χ1) is 15.2. The number of rotatable bonds is 6. The molecule has 0 aliphatic carbocycles. The first-order valence-electron chi connectivity index (χ1n) is 10.1. The zero-order valence-electron chi connectivity index (χ0n) is 17.1. The summed E-state index contributed by atoms with van der Waals surface area (Å²) in [7, 11) is 0. The number of aromatic nitrogens is 6. The fourth-order valence-corrected chi connectivity index (χ4v) is 4.48. The summed E-state index contributed by atoms with van der Waals surface area (Å²) in [5, 5.41) is 22.4. The largest absolute Gasteiger partial charge is 0.372 e. The number of halogens is 1. The van der Waals surface area contributed by atoms with Gasteiger partial charge in [0.1, 0.15) is 10.7 Å². The van der Waals surface area contributed by atoms with Gasteiger partial charge in [0, 0.05) is 34.9 Å². The van der Waals surface area contributed by atoms with E-state index in [1.807, 2.05) is 30.3 Å². The van der Waals surface area contributed by atoms with Gasteiger partial charge in [0.2, 0.25) is 10.8 Å². The molecule has 5 rings (SSSR count). The number of hydrogen-bond acceptors (Lipinski definition) is 6. The summed E-state index contributed by atoms with van der Waals surface area (Å²) in [6, 6.07) is 18.0. The Labute approximate surface area is 188 Å². The zero-order valence-corrected chi connectivity index (χ0v) is 18.7. The molecule has 3 aromatic heterocycles. The molecule has 2 aromatic carbocycles. The standard InChI is InChI=1S/C22H20ClN7S/c1-3-29(4-2)17-11-7-15(8-12-17)21-28-30-20(26-27-22(30)31-21)19-13-18(24-25-19)14-5-9-16(23)10-6-14/h5-13H,3-4H2,1-2H3,(H,24,25). The highest BCUT2D eigenvalue weighted by Crippen LogP contribution is 2.30. The molecule has 9 heteroatoms. The highest BCUT2D eigenvalue weighted by atomic mass is 35.5. The fraction of sp³-hybridized carbons (Fsp3) is 0.182. The number of fused-ring (bicyclic) bond motifs is 1. The zero-order chi connectivity index (χ0) is 21.4. The van der Waals surface area contributed by atoms with E-state index in [2.05, 4.69) is 63.4 Å². The number of aromatic amines is 1. The molecule has 0 aliphatic rings. The van der Waals surface area contributed by atoms with E-state index in [-0.39, 0.29) is 0 Å². The summed E-state index contributed by atoms with van der Waals surface area (Å²) >= 11 is 7.50. The van der Waals surface area contributed by atoms with Crippen LogP contribution >= 0.6 is 22.9 Å². The molecule has 7 nitrogen and oxygen atoms in total. The van der Waals surface area contributed by atoms with E-state index in [1.54, 1.807) is 4.52 Å². The minimum absolute atomic E-state index is 0.630. The van der Waals surface area contributed by atoms with Crippen LogP contribution in [0.4, 0.5) is 5.69 Å². The van der Waals surface area contributed by atoms with E-state index < -0.39 is 0 Å². The molecule has 0 unspecified atom stereocenters. The minimum atomic E-state index is 0.630. The average molecular weight is 450 g/mol. The van der Waals surface area contributed by atoms with E-state index in [9.17, 15) is 0 Å². The van der Waals surface area contributed by atoms with Crippen molar-refractivity contribution in [1.29, 1.82) is 0 Å². The fourth-order valence-electron chi connectivity index (χ4n) is 3.51. The summed E-state index contributed by atoms with van der Waals surface area (Å²) in [5.41, 5.74) is 4.81. The molecule has 156 valence electrons. The number of hydrogen-bond donors (Lipinski definition) is 1. The maximum atomic E-state index is 5.98. The number of nitrogens with one attached hydrogen (secondary N) is 1. The number of anilines is 1. The highest BCUT2D eigenvalue weighted by Gasteiger charge is 2.17. The molecule has 0 spiro atoms. The Balaban J connectivity index is 1.46. The van der Waals surface area contributed by atoms with Gasteiger partial charge < -0.3 is 4.90 Å². The summed E-state index contributed by atoms with van der Waals surface area (Å²) in [4.78, 5) is 3.05. The lowest BCUT2D eigenvalue weighted by Crippen LogP contribution is -2.21. The summed E-state index contributed by atoms with van der Waals surface area (Å²) in [6.45, 7) is 6.29. The SMILES string of the molecule is CCN(CC)c1ccc(-c2nn3c(-c4cc(-c5ccc(Cl)cc5)n[nH]4)nnc3s2)cc1. The van der Waals surface area contributed by atoms with Gasteiger partial charge in [-0.15, -0.1) is 10.2 Å². The Bertz CT molecular complexity index is 1310. The van der Waals surface area contributed by atoms with Crippen molar-refractivity contribution >= 4 is 33.6 Å². The average Bonchev–Trinajstić information content (AvgIpc) is 3.51. The van der Waals surface area contributed by atoms with Crippen molar-refractivity contribution in [1.82, 2.24) is 30.0 Å². The predicted molar refractivity (Wildman–Crippen MR) is 126 cm³/mol. The molecule has 31 heavy (non-hydrogen) atoms. The van der Waals surface area contributed by atoms with Gasteiger partial charge >= 0.3 is 0 Å². The van der Waals surface area contributed by atoms with Crippen molar-refractivity contribution < 1.29 is 0 Å². The lowest BCUT2D eigenvalue weighted by Gasteiger charge is -2.20. The molecule has 5 aromatic rings. The third kappa shape index (κ3) is 3.68. The summed E-state index contributed by atoms with van der Waals surface area (Å²) in [5.74, 6) is 0.630. The van der Waals surface area contributed by atoms with E-state index in [4.69, 9.17) is 16.7 Å². The molecule has 0 saturated heterocycles. The van der Waals surface area contributed by atoms with Gasteiger partial charge in [0.05, 0.1) is 5.69 Å². The van der Waals surface area contributed by atoms with Crippen LogP contribution in [0.3, 0.4) is 0 Å². The smallest absolute Gasteiger partial charge is 0.235 e. The highest BCUT2D eigenvalue weighted by molar-refractivity contribution is 7.19. The van der Waals surface area contributed by atoms with Crippen molar-refractivity contribution in [2.75, 3.05) is 18.0 Å². The van der Waals surface area contributed by atoms with Gasteiger partial charge in [0.15, 0.2) is 0 Å². The van der Waals surface area contributed by atoms with Crippen LogP contribution in [0.2, 0.25) is 5.02 Å². The molecule has 0 fully saturated rings. The van der Waals surface area contributed by atoms with Crippen LogP contribution < -0.4 is 4.90 Å². The first-order valence-corrected chi connectivity index (χ1v) is 11.2. The molecule has 3 heterocycles. The van der Waals surface area contributed by atoms with Crippen LogP contribution in [-0.2, 0) is 0 Å². The van der Waals surface area contributed by atoms with Gasteiger partial charge in [-0.3, -0.25) is 5.10 Å². The molecule has 0 aliphatic heterocycles. The van der Waals surface area contributed by atoms with Gasteiger partial charge in [0.25, 0.3) is 0 Å². The lowest BCUT2D eigenvalue weighted by molar-refractivity contribution is 0.866. The van der Waals surface area contributed by atoms with Crippen LogP contribution in [0, 0.1) is 0 Å². The third-order valence-electron chi connectivity index (χ3n) is 5.19. The first kappa shape index (κ1) is 19.7. The van der Waals surface area contributed by atoms with Gasteiger partial charge in [-0.25, -0.2) is 0 Å². The predicted octanol–water partition coefficient (Wildman–Crippen LogP) is 5.41. The van der Waals surface area contributed by atoms with Crippen LogP contribution in [0.25, 0.3) is 38.3 Å². The van der Waals surface area contributed by atoms with Gasteiger partial charge in [-0.05, 0) is 56.3 Å². The maximum absolute atomic E-state index is 5.98. The lowest BCUT2D eigenvalue weighted by atomic mass is 10.1. The second-order valence-electron chi connectivity index (χ2n) is 7.02. The van der Waals surface area contributed by atoms with Crippen molar-refractivity contribution in [3.63, 3.8) is 0 Å². The molecule has 0 bridgehead atoms. The molecule has 1 N–H and O–H groups in total. The second-order valence-corrected chi connectivity index (χ2v) is 8.41. The Morgan fingerprint density at radius 3 is 2.39 bits per heavy atom. The number of H-pyrrole nitrogens is 1. The Morgan fingerprint density at radius 1 is 0.968 bits per heavy atom.